The molecule has 0 radical (unpaired) electrons. The van der Waals surface area contributed by atoms with E-state index in [1.807, 2.05) is 55.5 Å². The fourth-order valence-electron chi connectivity index (χ4n) is 3.25. The van der Waals surface area contributed by atoms with Crippen LogP contribution in [0.2, 0.25) is 0 Å². The number of carboxylic acid groups (broad SMARTS) is 1. The van der Waals surface area contributed by atoms with E-state index in [1.54, 1.807) is 30.5 Å². The average molecular weight is 421 g/mol. The fourth-order valence-corrected chi connectivity index (χ4v) is 3.25. The second kappa shape index (κ2) is 9.57. The van der Waals surface area contributed by atoms with E-state index in [1.165, 1.54) is 11.1 Å². The van der Waals surface area contributed by atoms with Gasteiger partial charge in [-0.2, -0.15) is 0 Å². The zero-order chi connectivity index (χ0) is 22.4. The molecule has 0 aliphatic rings. The van der Waals surface area contributed by atoms with E-state index in [0.29, 0.717) is 23.6 Å². The predicted octanol–water partition coefficient (Wildman–Crippen LogP) is 3.77. The van der Waals surface area contributed by atoms with Gasteiger partial charge in [-0.05, 0) is 26.0 Å². The fraction of sp³-hybridized carbons (Fsp3) is 0.292. The zero-order valence-electron chi connectivity index (χ0n) is 18.0. The summed E-state index contributed by atoms with van der Waals surface area (Å²) < 4.78 is 1.57. The lowest BCUT2D eigenvalue weighted by Crippen LogP contribution is -2.50. The molecule has 1 heterocycles. The van der Waals surface area contributed by atoms with E-state index in [0.717, 1.165) is 5.56 Å². The molecule has 1 N–H and O–H groups in total. The first-order valence-corrected chi connectivity index (χ1v) is 10.2. The van der Waals surface area contributed by atoms with E-state index in [-0.39, 0.29) is 18.7 Å². The van der Waals surface area contributed by atoms with Crippen LogP contribution in [-0.2, 0) is 22.6 Å². The Balaban J connectivity index is 1.82. The van der Waals surface area contributed by atoms with Gasteiger partial charge < -0.3 is 5.11 Å². The molecular weight excluding hydrogens is 394 g/mol. The highest BCUT2D eigenvalue weighted by molar-refractivity contribution is 5.81. The number of hydrogen-bond donors (Lipinski definition) is 1. The van der Waals surface area contributed by atoms with E-state index in [9.17, 15) is 14.7 Å². The Morgan fingerprint density at radius 2 is 1.71 bits per heavy atom. The minimum Gasteiger partial charge on any atom is -0.479 e. The Bertz CT molecular complexity index is 1080. The van der Waals surface area contributed by atoms with Gasteiger partial charge in [0.15, 0.2) is 5.54 Å². The molecule has 0 saturated carbocycles. The van der Waals surface area contributed by atoms with Crippen molar-refractivity contribution < 1.29 is 14.7 Å². The molecule has 2 aromatic carbocycles. The monoisotopic (exact) mass is 421 g/mol. The zero-order valence-corrected chi connectivity index (χ0v) is 18.0. The molecule has 0 saturated heterocycles. The molecule has 0 aliphatic heterocycles. The number of nitrogens with zero attached hydrogens (tertiary/aromatic N) is 3. The molecule has 0 spiro atoms. The summed E-state index contributed by atoms with van der Waals surface area (Å²) >= 11 is 0. The van der Waals surface area contributed by atoms with Gasteiger partial charge in [-0.1, -0.05) is 55.5 Å². The van der Waals surface area contributed by atoms with E-state index < -0.39 is 11.5 Å². The van der Waals surface area contributed by atoms with E-state index in [4.69, 9.17) is 4.84 Å². The average Bonchev–Trinajstić information content (AvgIpc) is 2.78. The Morgan fingerprint density at radius 3 is 2.29 bits per heavy atom. The minimum absolute atomic E-state index is 0.116. The first kappa shape index (κ1) is 22.2. The van der Waals surface area contributed by atoms with Crippen molar-refractivity contribution in [1.29, 1.82) is 0 Å². The Labute approximate surface area is 181 Å². The molecule has 0 fully saturated rings. The smallest absolute Gasteiger partial charge is 0.331 e. The second-order valence-corrected chi connectivity index (χ2v) is 7.59. The van der Waals surface area contributed by atoms with Crippen molar-refractivity contribution in [3.05, 3.63) is 82.9 Å². The van der Waals surface area contributed by atoms with Gasteiger partial charge >= 0.3 is 5.97 Å². The molecular formula is C24H27N3O4. The summed E-state index contributed by atoms with van der Waals surface area (Å²) in [7, 11) is 0. The molecule has 31 heavy (non-hydrogen) atoms. The standard InChI is InChI=1S/C24H27N3O4/c1-4-21-25-20(18-11-7-5-8-12-18)17-22(28)26(21)15-16-31-27(24(2,3)23(29)30)19-13-9-6-10-14-19/h5-14,17H,4,15-16H2,1-3H3,(H,29,30). The van der Waals surface area contributed by atoms with Crippen LogP contribution in [-0.4, -0.2) is 32.8 Å². The van der Waals surface area contributed by atoms with Crippen LogP contribution in [0.5, 0.6) is 0 Å². The van der Waals surface area contributed by atoms with Crippen molar-refractivity contribution in [3.63, 3.8) is 0 Å². The topological polar surface area (TPSA) is 84.7 Å². The Morgan fingerprint density at radius 1 is 1.10 bits per heavy atom. The number of para-hydroxylation sites is 1. The SMILES string of the molecule is CCc1nc(-c2ccccc2)cc(=O)n1CCON(c1ccccc1)C(C)(C)C(=O)O. The van der Waals surface area contributed by atoms with E-state index >= 15 is 0 Å². The number of benzene rings is 2. The highest BCUT2D eigenvalue weighted by Gasteiger charge is 2.36. The lowest BCUT2D eigenvalue weighted by Gasteiger charge is -2.35. The van der Waals surface area contributed by atoms with Crippen LogP contribution in [0.25, 0.3) is 11.3 Å². The van der Waals surface area contributed by atoms with Crippen molar-refractivity contribution >= 4 is 11.7 Å². The number of aliphatic carboxylic acids is 1. The van der Waals surface area contributed by atoms with Crippen molar-refractivity contribution in [1.82, 2.24) is 9.55 Å². The van der Waals surface area contributed by atoms with E-state index in [2.05, 4.69) is 4.98 Å². The molecule has 0 amide bonds. The Hall–Kier alpha value is -3.45. The Kier molecular flexibility index (Phi) is 6.87. The highest BCUT2D eigenvalue weighted by Crippen LogP contribution is 2.24. The maximum absolute atomic E-state index is 12.8. The third-order valence-corrected chi connectivity index (χ3v) is 5.03. The van der Waals surface area contributed by atoms with Crippen LogP contribution >= 0.6 is 0 Å². The summed E-state index contributed by atoms with van der Waals surface area (Å²) in [5, 5.41) is 11.0. The number of carbonyl (C=O) groups is 1. The maximum Gasteiger partial charge on any atom is 0.331 e. The molecule has 7 nitrogen and oxygen atoms in total. The molecule has 1 aromatic heterocycles. The number of hydroxylamine groups is 1. The molecule has 0 aliphatic carbocycles. The van der Waals surface area contributed by atoms with Crippen molar-refractivity contribution in [2.75, 3.05) is 11.7 Å². The number of carboxylic acids is 1. The second-order valence-electron chi connectivity index (χ2n) is 7.59. The highest BCUT2D eigenvalue weighted by atomic mass is 16.7. The molecule has 0 unspecified atom stereocenters. The van der Waals surface area contributed by atoms with Gasteiger partial charge in [-0.25, -0.2) is 14.8 Å². The molecule has 3 aromatic rings. The van der Waals surface area contributed by atoms with Gasteiger partial charge in [0.05, 0.1) is 24.5 Å². The van der Waals surface area contributed by atoms with Crippen molar-refractivity contribution in [2.45, 2.75) is 39.3 Å². The number of aromatic nitrogens is 2. The largest absolute Gasteiger partial charge is 0.479 e. The molecule has 0 bridgehead atoms. The van der Waals surface area contributed by atoms with Crippen LogP contribution in [0.3, 0.4) is 0 Å². The van der Waals surface area contributed by atoms with Crippen LogP contribution in [0.4, 0.5) is 5.69 Å². The number of anilines is 1. The van der Waals surface area contributed by atoms with Gasteiger partial charge in [0.25, 0.3) is 5.56 Å². The summed E-state index contributed by atoms with van der Waals surface area (Å²) in [4.78, 5) is 35.2. The van der Waals surface area contributed by atoms with Crippen LogP contribution in [0.15, 0.2) is 71.5 Å². The number of hydrogen-bond acceptors (Lipinski definition) is 5. The summed E-state index contributed by atoms with van der Waals surface area (Å²) in [5.41, 5.74) is 0.678. The van der Waals surface area contributed by atoms with Crippen molar-refractivity contribution in [2.24, 2.45) is 0 Å². The molecule has 162 valence electrons. The first-order chi connectivity index (χ1) is 14.8. The first-order valence-electron chi connectivity index (χ1n) is 10.2. The summed E-state index contributed by atoms with van der Waals surface area (Å²) in [5.74, 6) is -0.365. The predicted molar refractivity (Wildman–Crippen MR) is 120 cm³/mol. The third kappa shape index (κ3) is 5.00. The summed E-state index contributed by atoms with van der Waals surface area (Å²) in [6.45, 7) is 5.45. The third-order valence-electron chi connectivity index (χ3n) is 5.03. The molecule has 0 atom stereocenters. The van der Waals surface area contributed by atoms with Crippen molar-refractivity contribution in [3.8, 4) is 11.3 Å². The summed E-state index contributed by atoms with van der Waals surface area (Å²) in [6, 6.07) is 20.1. The molecule has 7 heteroatoms. The summed E-state index contributed by atoms with van der Waals surface area (Å²) in [6.07, 6.45) is 0.582. The molecule has 3 rings (SSSR count). The van der Waals surface area contributed by atoms with Gasteiger partial charge in [-0.3, -0.25) is 14.2 Å². The maximum atomic E-state index is 12.8. The normalized spacial score (nSPS) is 11.3. The number of aryl methyl sites for hydroxylation is 1. The van der Waals surface area contributed by atoms with Gasteiger partial charge in [0, 0.05) is 18.1 Å². The van der Waals surface area contributed by atoms with Crippen LogP contribution in [0.1, 0.15) is 26.6 Å². The van der Waals surface area contributed by atoms with Crippen LogP contribution < -0.4 is 10.6 Å². The minimum atomic E-state index is -1.30. The van der Waals surface area contributed by atoms with Gasteiger partial charge in [-0.15, -0.1) is 0 Å². The van der Waals surface area contributed by atoms with Crippen LogP contribution in [0, 0.1) is 0 Å². The number of rotatable bonds is 9. The lowest BCUT2D eigenvalue weighted by atomic mass is 10.1. The quantitative estimate of drug-likeness (QED) is 0.530. The van der Waals surface area contributed by atoms with Gasteiger partial charge in [0.2, 0.25) is 0 Å². The lowest BCUT2D eigenvalue weighted by molar-refractivity contribution is -0.145. The van der Waals surface area contributed by atoms with Gasteiger partial charge in [0.1, 0.15) is 5.82 Å².